The fourth-order valence-corrected chi connectivity index (χ4v) is 2.93. The summed E-state index contributed by atoms with van der Waals surface area (Å²) < 4.78 is 7.11. The number of hydrogen-bond donors (Lipinski definition) is 1. The van der Waals surface area contributed by atoms with E-state index in [1.54, 1.807) is 31.5 Å². The van der Waals surface area contributed by atoms with E-state index in [-0.39, 0.29) is 18.1 Å². The summed E-state index contributed by atoms with van der Waals surface area (Å²) in [6.45, 7) is 2.01. The van der Waals surface area contributed by atoms with Crippen molar-refractivity contribution in [1.29, 1.82) is 0 Å². The number of hydrogen-bond acceptors (Lipinski definition) is 4. The third kappa shape index (κ3) is 4.85. The lowest BCUT2D eigenvalue weighted by molar-refractivity contribution is -0.120. The van der Waals surface area contributed by atoms with Crippen molar-refractivity contribution in [1.82, 2.24) is 15.1 Å². The Labute approximate surface area is 164 Å². The molecule has 6 heteroatoms. The molecule has 1 N–H and O–H groups in total. The third-order valence-electron chi connectivity index (χ3n) is 4.43. The molecule has 0 radical (unpaired) electrons. The number of methoxy groups -OCH3 is 1. The van der Waals surface area contributed by atoms with Crippen molar-refractivity contribution in [3.63, 3.8) is 0 Å². The van der Waals surface area contributed by atoms with Crippen LogP contribution in [0.15, 0.2) is 60.9 Å². The number of ether oxygens (including phenoxy) is 1. The number of nitrogens with one attached hydrogen (secondary N) is 1. The van der Waals surface area contributed by atoms with Gasteiger partial charge in [0.05, 0.1) is 25.4 Å². The highest BCUT2D eigenvalue weighted by molar-refractivity contribution is 5.94. The zero-order valence-corrected chi connectivity index (χ0v) is 16.0. The summed E-state index contributed by atoms with van der Waals surface area (Å²) in [6.07, 6.45) is 4.61. The predicted octanol–water partition coefficient (Wildman–Crippen LogP) is 2.98. The van der Waals surface area contributed by atoms with Gasteiger partial charge in [-0.3, -0.25) is 9.59 Å². The van der Waals surface area contributed by atoms with Gasteiger partial charge in [-0.05, 0) is 49.2 Å². The second kappa shape index (κ2) is 8.99. The van der Waals surface area contributed by atoms with Crippen molar-refractivity contribution in [3.05, 3.63) is 77.6 Å². The maximum Gasteiger partial charge on any atom is 0.224 e. The summed E-state index contributed by atoms with van der Waals surface area (Å²) in [6, 6.07) is 15.0. The first-order valence-electron chi connectivity index (χ1n) is 9.10. The highest BCUT2D eigenvalue weighted by Crippen LogP contribution is 2.21. The molecular formula is C22H23N3O3. The quantitative estimate of drug-likeness (QED) is 0.613. The van der Waals surface area contributed by atoms with Crippen LogP contribution in [0.1, 0.15) is 28.4 Å². The highest BCUT2D eigenvalue weighted by atomic mass is 16.5. The van der Waals surface area contributed by atoms with Gasteiger partial charge in [0.15, 0.2) is 5.78 Å². The third-order valence-corrected chi connectivity index (χ3v) is 4.43. The van der Waals surface area contributed by atoms with Crippen LogP contribution in [0.3, 0.4) is 0 Å². The smallest absolute Gasteiger partial charge is 0.224 e. The number of para-hydroxylation sites is 1. The number of ketones is 1. The number of nitrogens with zero attached hydrogens (tertiary/aromatic N) is 2. The number of aromatic nitrogens is 2. The highest BCUT2D eigenvalue weighted by Gasteiger charge is 2.11. The van der Waals surface area contributed by atoms with Crippen molar-refractivity contribution < 1.29 is 14.3 Å². The van der Waals surface area contributed by atoms with E-state index in [4.69, 9.17) is 4.74 Å². The number of carbonyl (C=O) groups is 2. The molecule has 144 valence electrons. The Bertz CT molecular complexity index is 964. The molecular weight excluding hydrogens is 354 g/mol. The maximum atomic E-state index is 12.3. The lowest BCUT2D eigenvalue weighted by atomic mass is 10.0. The van der Waals surface area contributed by atoms with E-state index in [0.29, 0.717) is 29.8 Å². The van der Waals surface area contributed by atoms with E-state index < -0.39 is 0 Å². The average Bonchev–Trinajstić information content (AvgIpc) is 3.17. The SMILES string of the molecule is COc1ccc(C(C)=O)cc1CC(=O)NCCc1cnn(-c2ccccc2)c1. The molecule has 0 unspecified atom stereocenters. The molecule has 0 saturated heterocycles. The molecule has 1 aromatic heterocycles. The van der Waals surface area contributed by atoms with Crippen molar-refractivity contribution in [2.75, 3.05) is 13.7 Å². The van der Waals surface area contributed by atoms with Gasteiger partial charge >= 0.3 is 0 Å². The van der Waals surface area contributed by atoms with Crippen molar-refractivity contribution >= 4 is 11.7 Å². The molecule has 0 saturated carbocycles. The maximum absolute atomic E-state index is 12.3. The van der Waals surface area contributed by atoms with Crippen LogP contribution in [0.4, 0.5) is 0 Å². The van der Waals surface area contributed by atoms with Gasteiger partial charge in [0, 0.05) is 23.9 Å². The van der Waals surface area contributed by atoms with Crippen molar-refractivity contribution in [2.24, 2.45) is 0 Å². The minimum absolute atomic E-state index is 0.0419. The van der Waals surface area contributed by atoms with Crippen LogP contribution in [0.25, 0.3) is 5.69 Å². The Balaban J connectivity index is 1.55. The molecule has 0 atom stereocenters. The van der Waals surface area contributed by atoms with Crippen LogP contribution in [0, 0.1) is 0 Å². The van der Waals surface area contributed by atoms with Gasteiger partial charge in [-0.1, -0.05) is 18.2 Å². The largest absolute Gasteiger partial charge is 0.496 e. The molecule has 0 aliphatic carbocycles. The number of benzene rings is 2. The number of amides is 1. The van der Waals surface area contributed by atoms with Crippen molar-refractivity contribution in [3.8, 4) is 11.4 Å². The first-order chi connectivity index (χ1) is 13.6. The van der Waals surface area contributed by atoms with Crippen LogP contribution in [-0.4, -0.2) is 35.1 Å². The molecule has 3 aromatic rings. The fourth-order valence-electron chi connectivity index (χ4n) is 2.93. The predicted molar refractivity (Wildman–Crippen MR) is 107 cm³/mol. The molecule has 0 aliphatic heterocycles. The van der Waals surface area contributed by atoms with E-state index in [2.05, 4.69) is 10.4 Å². The lowest BCUT2D eigenvalue weighted by Crippen LogP contribution is -2.27. The Morgan fingerprint density at radius 3 is 2.64 bits per heavy atom. The van der Waals surface area contributed by atoms with Gasteiger partial charge in [0.2, 0.25) is 5.91 Å². The van der Waals surface area contributed by atoms with Crippen LogP contribution < -0.4 is 10.1 Å². The topological polar surface area (TPSA) is 73.2 Å². The monoisotopic (exact) mass is 377 g/mol. The van der Waals surface area contributed by atoms with E-state index in [0.717, 1.165) is 11.3 Å². The van der Waals surface area contributed by atoms with Gasteiger partial charge < -0.3 is 10.1 Å². The van der Waals surface area contributed by atoms with E-state index in [9.17, 15) is 9.59 Å². The Kier molecular flexibility index (Phi) is 6.22. The first kappa shape index (κ1) is 19.4. The average molecular weight is 377 g/mol. The number of rotatable bonds is 8. The minimum atomic E-state index is -0.116. The van der Waals surface area contributed by atoms with Gasteiger partial charge in [0.25, 0.3) is 0 Å². The normalized spacial score (nSPS) is 10.5. The molecule has 6 nitrogen and oxygen atoms in total. The molecule has 3 rings (SSSR count). The summed E-state index contributed by atoms with van der Waals surface area (Å²) in [7, 11) is 1.55. The standard InChI is InChI=1S/C22H23N3O3/c1-16(26)18-8-9-21(28-2)19(12-18)13-22(27)23-11-10-17-14-24-25(15-17)20-6-4-3-5-7-20/h3-9,12,14-15H,10-11,13H2,1-2H3,(H,23,27). The first-order valence-corrected chi connectivity index (χ1v) is 9.10. The summed E-state index contributed by atoms with van der Waals surface area (Å²) in [5, 5.41) is 7.27. The van der Waals surface area contributed by atoms with Crippen LogP contribution in [0.5, 0.6) is 5.75 Å². The van der Waals surface area contributed by atoms with Gasteiger partial charge in [-0.25, -0.2) is 4.68 Å². The minimum Gasteiger partial charge on any atom is -0.496 e. The van der Waals surface area contributed by atoms with Gasteiger partial charge in [0.1, 0.15) is 5.75 Å². The zero-order chi connectivity index (χ0) is 19.9. The molecule has 1 heterocycles. The lowest BCUT2D eigenvalue weighted by Gasteiger charge is -2.10. The molecule has 2 aromatic carbocycles. The van der Waals surface area contributed by atoms with E-state index in [1.807, 2.05) is 41.2 Å². The molecule has 0 spiro atoms. The second-order valence-corrected chi connectivity index (χ2v) is 6.49. The molecule has 1 amide bonds. The molecule has 0 aliphatic rings. The zero-order valence-electron chi connectivity index (χ0n) is 16.0. The summed E-state index contributed by atoms with van der Waals surface area (Å²) in [5.74, 6) is 0.443. The molecule has 28 heavy (non-hydrogen) atoms. The number of Topliss-reactive ketones (excluding diaryl/α,β-unsaturated/α-hetero) is 1. The van der Waals surface area contributed by atoms with E-state index in [1.165, 1.54) is 6.92 Å². The van der Waals surface area contributed by atoms with Gasteiger partial charge in [-0.15, -0.1) is 0 Å². The summed E-state index contributed by atoms with van der Waals surface area (Å²) in [5.41, 5.74) is 3.30. The summed E-state index contributed by atoms with van der Waals surface area (Å²) in [4.78, 5) is 23.9. The Morgan fingerprint density at radius 1 is 1.14 bits per heavy atom. The van der Waals surface area contributed by atoms with Crippen LogP contribution in [0.2, 0.25) is 0 Å². The van der Waals surface area contributed by atoms with E-state index >= 15 is 0 Å². The van der Waals surface area contributed by atoms with Crippen LogP contribution >= 0.6 is 0 Å². The van der Waals surface area contributed by atoms with Gasteiger partial charge in [-0.2, -0.15) is 5.10 Å². The Morgan fingerprint density at radius 2 is 1.93 bits per heavy atom. The fraction of sp³-hybridized carbons (Fsp3) is 0.227. The molecule has 0 fully saturated rings. The molecule has 0 bridgehead atoms. The van der Waals surface area contributed by atoms with Crippen LogP contribution in [-0.2, 0) is 17.6 Å². The summed E-state index contributed by atoms with van der Waals surface area (Å²) >= 11 is 0. The number of carbonyl (C=O) groups excluding carboxylic acids is 2. The Hall–Kier alpha value is -3.41. The van der Waals surface area contributed by atoms with Crippen molar-refractivity contribution in [2.45, 2.75) is 19.8 Å². The second-order valence-electron chi connectivity index (χ2n) is 6.49.